The van der Waals surface area contributed by atoms with Crippen molar-refractivity contribution in [1.29, 1.82) is 0 Å². The monoisotopic (exact) mass is 393 g/mol. The number of nitrogens with one attached hydrogen (secondary N) is 1. The number of anilines is 1. The maximum Gasteiger partial charge on any atom is 0.573 e. The van der Waals surface area contributed by atoms with Crippen LogP contribution in [-0.2, 0) is 4.79 Å². The van der Waals surface area contributed by atoms with Gasteiger partial charge >= 0.3 is 6.36 Å². The number of alkyl halides is 3. The molecule has 0 aliphatic heterocycles. The number of amides is 1. The average molecular weight is 393 g/mol. The van der Waals surface area contributed by atoms with E-state index in [4.69, 9.17) is 0 Å². The fraction of sp³-hybridized carbons (Fsp3) is 0.176. The first kappa shape index (κ1) is 19.1. The number of carbonyl (C=O) groups is 1. The van der Waals surface area contributed by atoms with Gasteiger partial charge in [0.15, 0.2) is 11.6 Å². The van der Waals surface area contributed by atoms with Crippen LogP contribution in [0.4, 0.5) is 18.9 Å². The van der Waals surface area contributed by atoms with Crippen molar-refractivity contribution in [2.45, 2.75) is 19.3 Å². The Hall–Kier alpha value is -3.63. The summed E-state index contributed by atoms with van der Waals surface area (Å²) < 4.78 is 43.8. The third-order valence-corrected chi connectivity index (χ3v) is 3.67. The predicted molar refractivity (Wildman–Crippen MR) is 92.1 cm³/mol. The molecule has 1 unspecified atom stereocenters. The van der Waals surface area contributed by atoms with E-state index in [0.717, 1.165) is 10.7 Å². The molecule has 146 valence electrons. The number of aromatic nitrogens is 4. The maximum absolute atomic E-state index is 12.5. The minimum atomic E-state index is -4.91. The third-order valence-electron chi connectivity index (χ3n) is 3.67. The number of hydrogen-bond donors (Lipinski definition) is 1. The van der Waals surface area contributed by atoms with Crippen LogP contribution in [0.1, 0.15) is 13.0 Å². The molecule has 0 radical (unpaired) electrons. The molecule has 1 amide bonds. The summed E-state index contributed by atoms with van der Waals surface area (Å²) in [6.45, 7) is 1.39. The number of ether oxygens (including phenoxy) is 1. The van der Waals surface area contributed by atoms with E-state index in [9.17, 15) is 22.8 Å². The molecular weight excluding hydrogens is 379 g/mol. The highest BCUT2D eigenvalue weighted by molar-refractivity contribution is 5.94. The normalized spacial score (nSPS) is 12.4. The van der Waals surface area contributed by atoms with Gasteiger partial charge in [-0.05, 0) is 31.2 Å². The van der Waals surface area contributed by atoms with E-state index in [-0.39, 0.29) is 5.69 Å². The molecule has 1 aromatic carbocycles. The SMILES string of the molecule is CC(C(=O)Nc1ccccc1OC(F)(F)F)n1nc(-n2cccn2)ccc1=O. The zero-order valence-corrected chi connectivity index (χ0v) is 14.4. The van der Waals surface area contributed by atoms with Gasteiger partial charge in [-0.1, -0.05) is 12.1 Å². The molecule has 0 aliphatic carbocycles. The molecular formula is C17H14F3N5O3. The summed E-state index contributed by atoms with van der Waals surface area (Å²) in [6, 6.07) is 8.29. The summed E-state index contributed by atoms with van der Waals surface area (Å²) >= 11 is 0. The van der Waals surface area contributed by atoms with Crippen molar-refractivity contribution in [3.63, 3.8) is 0 Å². The second-order valence-corrected chi connectivity index (χ2v) is 5.63. The summed E-state index contributed by atoms with van der Waals surface area (Å²) in [4.78, 5) is 24.6. The fourth-order valence-corrected chi connectivity index (χ4v) is 2.35. The van der Waals surface area contributed by atoms with E-state index in [0.29, 0.717) is 5.82 Å². The summed E-state index contributed by atoms with van der Waals surface area (Å²) in [7, 11) is 0. The standard InChI is InChI=1S/C17H14F3N5O3/c1-11(25-15(26)8-7-14(23-25)24-10-4-9-21-24)16(27)22-12-5-2-3-6-13(12)28-17(18,19)20/h2-11H,1H3,(H,22,27). The zero-order chi connectivity index (χ0) is 20.3. The van der Waals surface area contributed by atoms with Crippen molar-refractivity contribution >= 4 is 11.6 Å². The van der Waals surface area contributed by atoms with Crippen molar-refractivity contribution in [2.24, 2.45) is 0 Å². The minimum absolute atomic E-state index is 0.187. The molecule has 0 spiro atoms. The lowest BCUT2D eigenvalue weighted by Crippen LogP contribution is -2.33. The van der Waals surface area contributed by atoms with Gasteiger partial charge in [0, 0.05) is 18.5 Å². The van der Waals surface area contributed by atoms with Crippen molar-refractivity contribution in [3.8, 4) is 11.6 Å². The Balaban J connectivity index is 1.85. The molecule has 28 heavy (non-hydrogen) atoms. The van der Waals surface area contributed by atoms with Crippen molar-refractivity contribution in [3.05, 3.63) is 65.2 Å². The largest absolute Gasteiger partial charge is 0.573 e. The molecule has 3 rings (SSSR count). The van der Waals surface area contributed by atoms with Crippen LogP contribution in [-0.4, -0.2) is 31.8 Å². The summed E-state index contributed by atoms with van der Waals surface area (Å²) in [5.41, 5.74) is -0.744. The Morgan fingerprint density at radius 2 is 1.93 bits per heavy atom. The molecule has 8 nitrogen and oxygen atoms in total. The summed E-state index contributed by atoms with van der Waals surface area (Å²) in [5, 5.41) is 10.4. The number of carbonyl (C=O) groups excluding carboxylic acids is 1. The number of nitrogens with zero attached hydrogens (tertiary/aromatic N) is 4. The van der Waals surface area contributed by atoms with Crippen LogP contribution in [0.5, 0.6) is 5.75 Å². The van der Waals surface area contributed by atoms with Crippen LogP contribution in [0.2, 0.25) is 0 Å². The van der Waals surface area contributed by atoms with E-state index in [1.807, 2.05) is 0 Å². The van der Waals surface area contributed by atoms with Crippen molar-refractivity contribution < 1.29 is 22.7 Å². The number of para-hydroxylation sites is 2. The van der Waals surface area contributed by atoms with Gasteiger partial charge in [-0.15, -0.1) is 18.3 Å². The maximum atomic E-state index is 12.5. The Morgan fingerprint density at radius 1 is 1.18 bits per heavy atom. The summed E-state index contributed by atoms with van der Waals surface area (Å²) in [5.74, 6) is -1.02. The predicted octanol–water partition coefficient (Wildman–Crippen LogP) is 2.53. The first-order valence-corrected chi connectivity index (χ1v) is 8.00. The van der Waals surface area contributed by atoms with Crippen LogP contribution >= 0.6 is 0 Å². The topological polar surface area (TPSA) is 91.0 Å². The summed E-state index contributed by atoms with van der Waals surface area (Å²) in [6.07, 6.45) is -1.79. The lowest BCUT2D eigenvalue weighted by Gasteiger charge is -2.17. The Morgan fingerprint density at radius 3 is 2.61 bits per heavy atom. The molecule has 0 saturated carbocycles. The van der Waals surface area contributed by atoms with E-state index >= 15 is 0 Å². The number of benzene rings is 1. The van der Waals surface area contributed by atoms with E-state index < -0.39 is 29.6 Å². The van der Waals surface area contributed by atoms with Gasteiger partial charge in [0.1, 0.15) is 6.04 Å². The molecule has 1 N–H and O–H groups in total. The minimum Gasteiger partial charge on any atom is -0.404 e. The Bertz CT molecular complexity index is 1030. The molecule has 0 fully saturated rings. The number of halogens is 3. The van der Waals surface area contributed by atoms with E-state index in [1.54, 1.807) is 12.3 Å². The van der Waals surface area contributed by atoms with Gasteiger partial charge in [0.25, 0.3) is 5.56 Å². The van der Waals surface area contributed by atoms with E-state index in [2.05, 4.69) is 20.3 Å². The van der Waals surface area contributed by atoms with Crippen molar-refractivity contribution in [2.75, 3.05) is 5.32 Å². The molecule has 0 bridgehead atoms. The zero-order valence-electron chi connectivity index (χ0n) is 14.4. The average Bonchev–Trinajstić information content (AvgIpc) is 3.16. The number of rotatable bonds is 5. The highest BCUT2D eigenvalue weighted by Gasteiger charge is 2.32. The van der Waals surface area contributed by atoms with Crippen LogP contribution in [0, 0.1) is 0 Å². The molecule has 2 aromatic heterocycles. The number of hydrogen-bond acceptors (Lipinski definition) is 5. The molecule has 11 heteroatoms. The van der Waals surface area contributed by atoms with Gasteiger partial charge < -0.3 is 10.1 Å². The van der Waals surface area contributed by atoms with Gasteiger partial charge in [-0.2, -0.15) is 5.10 Å². The molecule has 3 aromatic rings. The first-order valence-electron chi connectivity index (χ1n) is 8.00. The van der Waals surface area contributed by atoms with Gasteiger partial charge in [-0.25, -0.2) is 9.36 Å². The van der Waals surface area contributed by atoms with Crippen LogP contribution in [0.25, 0.3) is 5.82 Å². The highest BCUT2D eigenvalue weighted by Crippen LogP contribution is 2.30. The third kappa shape index (κ3) is 4.37. The van der Waals surface area contributed by atoms with Gasteiger partial charge in [0.05, 0.1) is 5.69 Å². The van der Waals surface area contributed by atoms with Gasteiger partial charge in [0.2, 0.25) is 5.91 Å². The molecule has 1 atom stereocenters. The van der Waals surface area contributed by atoms with Crippen LogP contribution in [0.3, 0.4) is 0 Å². The molecule has 0 aliphatic rings. The quantitative estimate of drug-likeness (QED) is 0.719. The Kier molecular flexibility index (Phi) is 5.16. The van der Waals surface area contributed by atoms with Crippen LogP contribution < -0.4 is 15.6 Å². The molecule has 0 saturated heterocycles. The fourth-order valence-electron chi connectivity index (χ4n) is 2.35. The lowest BCUT2D eigenvalue weighted by atomic mass is 10.2. The molecule has 2 heterocycles. The van der Waals surface area contributed by atoms with Crippen molar-refractivity contribution in [1.82, 2.24) is 19.6 Å². The first-order chi connectivity index (χ1) is 13.2. The van der Waals surface area contributed by atoms with Gasteiger partial charge in [-0.3, -0.25) is 9.59 Å². The van der Waals surface area contributed by atoms with E-state index in [1.165, 1.54) is 48.1 Å². The van der Waals surface area contributed by atoms with Crippen LogP contribution in [0.15, 0.2) is 59.7 Å². The Labute approximate surface area is 156 Å². The second-order valence-electron chi connectivity index (χ2n) is 5.63. The second kappa shape index (κ2) is 7.55. The highest BCUT2D eigenvalue weighted by atomic mass is 19.4. The smallest absolute Gasteiger partial charge is 0.404 e. The lowest BCUT2D eigenvalue weighted by molar-refractivity contribution is -0.274.